The Labute approximate surface area is 125 Å². The largest absolute Gasteiger partial charge is 0.405 e. The van der Waals surface area contributed by atoms with E-state index in [4.69, 9.17) is 0 Å². The Morgan fingerprint density at radius 1 is 1.23 bits per heavy atom. The van der Waals surface area contributed by atoms with Crippen molar-refractivity contribution in [1.82, 2.24) is 10.6 Å². The van der Waals surface area contributed by atoms with Crippen LogP contribution in [0.25, 0.3) is 0 Å². The van der Waals surface area contributed by atoms with Gasteiger partial charge >= 0.3 is 6.18 Å². The molecule has 5 nitrogen and oxygen atoms in total. The molecule has 22 heavy (non-hydrogen) atoms. The third-order valence-electron chi connectivity index (χ3n) is 3.24. The van der Waals surface area contributed by atoms with Gasteiger partial charge in [0.2, 0.25) is 5.91 Å². The van der Waals surface area contributed by atoms with Gasteiger partial charge in [-0.1, -0.05) is 0 Å². The van der Waals surface area contributed by atoms with Gasteiger partial charge < -0.3 is 16.0 Å². The molecular formula is C14H16F3N3O2. The average molecular weight is 315 g/mol. The second-order valence-corrected chi connectivity index (χ2v) is 5.01. The van der Waals surface area contributed by atoms with Gasteiger partial charge in [-0.05, 0) is 43.7 Å². The molecule has 120 valence electrons. The third-order valence-corrected chi connectivity index (χ3v) is 3.24. The van der Waals surface area contributed by atoms with Crippen LogP contribution >= 0.6 is 0 Å². The van der Waals surface area contributed by atoms with Gasteiger partial charge in [0.1, 0.15) is 6.54 Å². The molecule has 0 aliphatic carbocycles. The Kier molecular flexibility index (Phi) is 5.02. The zero-order valence-corrected chi connectivity index (χ0v) is 11.7. The molecule has 0 aromatic heterocycles. The summed E-state index contributed by atoms with van der Waals surface area (Å²) in [6.45, 7) is -0.575. The maximum absolute atomic E-state index is 12.0. The summed E-state index contributed by atoms with van der Waals surface area (Å²) in [7, 11) is 0. The fourth-order valence-corrected chi connectivity index (χ4v) is 2.13. The zero-order chi connectivity index (χ0) is 16.2. The number of alkyl halides is 3. The number of nitrogens with one attached hydrogen (secondary N) is 3. The van der Waals surface area contributed by atoms with Gasteiger partial charge in [-0.2, -0.15) is 13.2 Å². The Hall–Kier alpha value is -2.09. The molecule has 1 saturated heterocycles. The lowest BCUT2D eigenvalue weighted by molar-refractivity contribution is -0.123. The van der Waals surface area contributed by atoms with Crippen molar-refractivity contribution in [3.63, 3.8) is 0 Å². The highest BCUT2D eigenvalue weighted by atomic mass is 19.4. The molecule has 0 radical (unpaired) electrons. The van der Waals surface area contributed by atoms with Gasteiger partial charge in [-0.15, -0.1) is 0 Å². The van der Waals surface area contributed by atoms with Crippen LogP contribution in [-0.4, -0.2) is 37.1 Å². The summed E-state index contributed by atoms with van der Waals surface area (Å²) >= 11 is 0. The van der Waals surface area contributed by atoms with Crippen molar-refractivity contribution >= 4 is 17.5 Å². The van der Waals surface area contributed by atoms with Crippen molar-refractivity contribution in [3.8, 4) is 0 Å². The zero-order valence-electron chi connectivity index (χ0n) is 11.7. The molecule has 0 bridgehead atoms. The van der Waals surface area contributed by atoms with E-state index < -0.39 is 18.6 Å². The molecule has 0 saturated carbocycles. The fourth-order valence-electron chi connectivity index (χ4n) is 2.13. The minimum Gasteiger partial charge on any atom is -0.343 e. The van der Waals surface area contributed by atoms with Gasteiger partial charge in [0.25, 0.3) is 5.91 Å². The van der Waals surface area contributed by atoms with E-state index in [-0.39, 0.29) is 17.5 Å². The molecule has 1 aromatic carbocycles. The Bertz CT molecular complexity index is 537. The third kappa shape index (κ3) is 4.73. The normalized spacial score (nSPS) is 18.0. The van der Waals surface area contributed by atoms with E-state index in [1.807, 2.05) is 0 Å². The van der Waals surface area contributed by atoms with Crippen LogP contribution in [0.3, 0.4) is 0 Å². The Morgan fingerprint density at radius 3 is 2.45 bits per heavy atom. The summed E-state index contributed by atoms with van der Waals surface area (Å²) < 4.78 is 36.1. The second kappa shape index (κ2) is 6.78. The molecule has 1 unspecified atom stereocenters. The van der Waals surface area contributed by atoms with E-state index in [1.165, 1.54) is 24.3 Å². The molecule has 1 atom stereocenters. The fraction of sp³-hybridized carbons (Fsp3) is 0.429. The molecule has 1 fully saturated rings. The molecule has 1 heterocycles. The molecule has 8 heteroatoms. The standard InChI is InChI=1S/C14H16F3N3O2/c15-14(16,17)8-19-12(21)9-3-5-10(6-4-9)20-13(22)11-2-1-7-18-11/h3-6,11,18H,1-2,7-8H2,(H,19,21)(H,20,22). The van der Waals surface area contributed by atoms with Crippen LogP contribution in [-0.2, 0) is 4.79 Å². The van der Waals surface area contributed by atoms with Crippen LogP contribution < -0.4 is 16.0 Å². The van der Waals surface area contributed by atoms with E-state index >= 15 is 0 Å². The predicted molar refractivity (Wildman–Crippen MR) is 74.5 cm³/mol. The van der Waals surface area contributed by atoms with Crippen molar-refractivity contribution in [2.75, 3.05) is 18.4 Å². The van der Waals surface area contributed by atoms with Crippen LogP contribution in [0, 0.1) is 0 Å². The molecule has 2 amide bonds. The number of amides is 2. The summed E-state index contributed by atoms with van der Waals surface area (Å²) in [5.74, 6) is -0.973. The van der Waals surface area contributed by atoms with Gasteiger partial charge in [-0.25, -0.2) is 0 Å². The molecule has 1 aliphatic heterocycles. The maximum atomic E-state index is 12.0. The minimum absolute atomic E-state index is 0.0984. The minimum atomic E-state index is -4.45. The van der Waals surface area contributed by atoms with Gasteiger partial charge in [0, 0.05) is 11.3 Å². The van der Waals surface area contributed by atoms with Crippen LogP contribution in [0.1, 0.15) is 23.2 Å². The van der Waals surface area contributed by atoms with Crippen molar-refractivity contribution in [2.24, 2.45) is 0 Å². The topological polar surface area (TPSA) is 70.2 Å². The maximum Gasteiger partial charge on any atom is 0.405 e. The summed E-state index contributed by atoms with van der Waals surface area (Å²) in [5, 5.41) is 7.53. The second-order valence-electron chi connectivity index (χ2n) is 5.01. The highest BCUT2D eigenvalue weighted by Crippen LogP contribution is 2.14. The lowest BCUT2D eigenvalue weighted by atomic mass is 10.1. The molecule has 0 spiro atoms. The van der Waals surface area contributed by atoms with Gasteiger partial charge in [0.05, 0.1) is 6.04 Å². The lowest BCUT2D eigenvalue weighted by Gasteiger charge is -2.12. The number of benzene rings is 1. The van der Waals surface area contributed by atoms with E-state index in [2.05, 4.69) is 10.6 Å². The van der Waals surface area contributed by atoms with E-state index in [1.54, 1.807) is 5.32 Å². The first-order chi connectivity index (χ1) is 10.3. The lowest BCUT2D eigenvalue weighted by Crippen LogP contribution is -2.35. The first kappa shape index (κ1) is 16.3. The summed E-state index contributed by atoms with van der Waals surface area (Å²) in [6.07, 6.45) is -2.74. The molecule has 2 rings (SSSR count). The van der Waals surface area contributed by atoms with Crippen LogP contribution in [0.5, 0.6) is 0 Å². The summed E-state index contributed by atoms with van der Waals surface area (Å²) in [6, 6.07) is 5.46. The van der Waals surface area contributed by atoms with E-state index in [0.29, 0.717) is 5.69 Å². The van der Waals surface area contributed by atoms with E-state index in [9.17, 15) is 22.8 Å². The monoisotopic (exact) mass is 315 g/mol. The van der Waals surface area contributed by atoms with Crippen molar-refractivity contribution in [3.05, 3.63) is 29.8 Å². The van der Waals surface area contributed by atoms with Crippen molar-refractivity contribution < 1.29 is 22.8 Å². The molecule has 1 aliphatic rings. The first-order valence-electron chi connectivity index (χ1n) is 6.84. The number of carbonyl (C=O) groups excluding carboxylic acids is 2. The Balaban J connectivity index is 1.89. The smallest absolute Gasteiger partial charge is 0.343 e. The average Bonchev–Trinajstić information content (AvgIpc) is 2.99. The van der Waals surface area contributed by atoms with Crippen molar-refractivity contribution in [2.45, 2.75) is 25.1 Å². The number of carbonyl (C=O) groups is 2. The Morgan fingerprint density at radius 2 is 1.91 bits per heavy atom. The van der Waals surface area contributed by atoms with Crippen LogP contribution in [0.2, 0.25) is 0 Å². The molecule has 1 aromatic rings. The highest BCUT2D eigenvalue weighted by Gasteiger charge is 2.28. The molecular weight excluding hydrogens is 299 g/mol. The van der Waals surface area contributed by atoms with Crippen LogP contribution in [0.4, 0.5) is 18.9 Å². The molecule has 3 N–H and O–H groups in total. The number of anilines is 1. The number of rotatable bonds is 4. The number of hydrogen-bond donors (Lipinski definition) is 3. The van der Waals surface area contributed by atoms with E-state index in [0.717, 1.165) is 19.4 Å². The number of halogens is 3. The summed E-state index contributed by atoms with van der Waals surface area (Å²) in [5.41, 5.74) is 0.590. The first-order valence-corrected chi connectivity index (χ1v) is 6.84. The SMILES string of the molecule is O=C(NCC(F)(F)F)c1ccc(NC(=O)C2CCCN2)cc1. The van der Waals surface area contributed by atoms with Crippen LogP contribution in [0.15, 0.2) is 24.3 Å². The number of hydrogen-bond acceptors (Lipinski definition) is 3. The highest BCUT2D eigenvalue weighted by molar-refractivity contribution is 5.97. The predicted octanol–water partition coefficient (Wildman–Crippen LogP) is 1.67. The van der Waals surface area contributed by atoms with Gasteiger partial charge in [0.15, 0.2) is 0 Å². The van der Waals surface area contributed by atoms with Crippen molar-refractivity contribution in [1.29, 1.82) is 0 Å². The quantitative estimate of drug-likeness (QED) is 0.791. The van der Waals surface area contributed by atoms with Gasteiger partial charge in [-0.3, -0.25) is 9.59 Å². The summed E-state index contributed by atoms with van der Waals surface area (Å²) in [4.78, 5) is 23.4.